The van der Waals surface area contributed by atoms with Crippen molar-refractivity contribution in [1.29, 1.82) is 0 Å². The minimum Gasteiger partial charge on any atom is -0.497 e. The minimum atomic E-state index is -0.0986. The van der Waals surface area contributed by atoms with Crippen molar-refractivity contribution in [1.82, 2.24) is 19.4 Å². The maximum Gasteiger partial charge on any atom is 0.262 e. The lowest BCUT2D eigenvalue weighted by atomic mass is 10.0. The molecule has 2 aliphatic heterocycles. The van der Waals surface area contributed by atoms with Crippen LogP contribution in [0.1, 0.15) is 20.8 Å². The van der Waals surface area contributed by atoms with Crippen LogP contribution in [0.15, 0.2) is 29.3 Å². The molecule has 0 unspecified atom stereocenters. The van der Waals surface area contributed by atoms with Crippen LogP contribution in [-0.4, -0.2) is 78.9 Å². The summed E-state index contributed by atoms with van der Waals surface area (Å²) in [5.41, 5.74) is 1.53. The van der Waals surface area contributed by atoms with Crippen molar-refractivity contribution in [3.8, 4) is 11.5 Å². The van der Waals surface area contributed by atoms with Crippen molar-refractivity contribution >= 4 is 27.5 Å². The fraction of sp³-hybridized carbons (Fsp3) is 0.458. The van der Waals surface area contributed by atoms with Gasteiger partial charge in [-0.3, -0.25) is 19.1 Å². The van der Waals surface area contributed by atoms with E-state index in [1.54, 1.807) is 48.2 Å². The highest BCUT2D eigenvalue weighted by atomic mass is 32.1. The molecule has 0 bridgehead atoms. The van der Waals surface area contributed by atoms with Crippen molar-refractivity contribution in [2.75, 3.05) is 53.6 Å². The highest BCUT2D eigenvalue weighted by molar-refractivity contribution is 7.18. The predicted molar refractivity (Wildman–Crippen MR) is 129 cm³/mol. The van der Waals surface area contributed by atoms with Crippen molar-refractivity contribution in [2.24, 2.45) is 0 Å². The fourth-order valence-electron chi connectivity index (χ4n) is 4.57. The molecule has 1 amide bonds. The monoisotopic (exact) mass is 484 g/mol. The first-order valence-electron chi connectivity index (χ1n) is 11.4. The van der Waals surface area contributed by atoms with E-state index < -0.39 is 0 Å². The van der Waals surface area contributed by atoms with Crippen LogP contribution in [0.4, 0.5) is 0 Å². The molecule has 9 nitrogen and oxygen atoms in total. The molecule has 1 fully saturated rings. The van der Waals surface area contributed by atoms with E-state index in [4.69, 9.17) is 14.2 Å². The molecule has 1 saturated heterocycles. The molecule has 0 spiro atoms. The number of amides is 1. The average molecular weight is 485 g/mol. The molecule has 0 N–H and O–H groups in total. The first-order chi connectivity index (χ1) is 16.6. The first-order valence-corrected chi connectivity index (χ1v) is 12.2. The second kappa shape index (κ2) is 9.73. The minimum absolute atomic E-state index is 0.00681. The first kappa shape index (κ1) is 22.8. The largest absolute Gasteiger partial charge is 0.497 e. The Bertz CT molecular complexity index is 1260. The number of morpholine rings is 1. The highest BCUT2D eigenvalue weighted by Crippen LogP contribution is 2.34. The zero-order chi connectivity index (χ0) is 23.7. The van der Waals surface area contributed by atoms with E-state index in [1.165, 1.54) is 11.3 Å². The fourth-order valence-corrected chi connectivity index (χ4v) is 5.76. The molecule has 0 saturated carbocycles. The topological polar surface area (TPSA) is 86.1 Å². The molecule has 34 heavy (non-hydrogen) atoms. The third-order valence-corrected chi connectivity index (χ3v) is 7.64. The zero-order valence-corrected chi connectivity index (χ0v) is 20.2. The third kappa shape index (κ3) is 4.28. The van der Waals surface area contributed by atoms with E-state index in [-0.39, 0.29) is 11.5 Å². The Morgan fingerprint density at radius 3 is 2.74 bits per heavy atom. The van der Waals surface area contributed by atoms with Gasteiger partial charge in [-0.2, -0.15) is 0 Å². The number of benzene rings is 1. The van der Waals surface area contributed by atoms with Gasteiger partial charge in [0.15, 0.2) is 0 Å². The molecular formula is C24H28N4O5S. The standard InChI is InChI=1S/C24H28N4O5S/c1-31-16-3-4-17(19(13-16)32-2)23(29)27-6-5-18-20(14-27)34-22-21(18)24(30)28(15-25-22)8-7-26-9-11-33-12-10-26/h3-4,13,15H,5-12,14H2,1-2H3. The summed E-state index contributed by atoms with van der Waals surface area (Å²) < 4.78 is 17.8. The van der Waals surface area contributed by atoms with Gasteiger partial charge in [-0.1, -0.05) is 0 Å². The molecule has 10 heteroatoms. The Kier molecular flexibility index (Phi) is 6.53. The molecule has 180 valence electrons. The van der Waals surface area contributed by atoms with Gasteiger partial charge in [0, 0.05) is 43.7 Å². The van der Waals surface area contributed by atoms with Crippen LogP contribution in [0, 0.1) is 0 Å². The van der Waals surface area contributed by atoms with Gasteiger partial charge in [-0.15, -0.1) is 11.3 Å². The van der Waals surface area contributed by atoms with Crippen LogP contribution in [0.3, 0.4) is 0 Å². The molecule has 2 aromatic heterocycles. The Balaban J connectivity index is 1.37. The summed E-state index contributed by atoms with van der Waals surface area (Å²) >= 11 is 1.50. The smallest absolute Gasteiger partial charge is 0.262 e. The van der Waals surface area contributed by atoms with Crippen LogP contribution in [0.2, 0.25) is 0 Å². The number of fused-ring (bicyclic) bond motifs is 3. The summed E-state index contributed by atoms with van der Waals surface area (Å²) in [5.74, 6) is 1.02. The average Bonchev–Trinajstić information content (AvgIpc) is 3.26. The quantitative estimate of drug-likeness (QED) is 0.529. The maximum atomic E-state index is 13.3. The number of aromatic nitrogens is 2. The van der Waals surface area contributed by atoms with E-state index >= 15 is 0 Å². The summed E-state index contributed by atoms with van der Waals surface area (Å²) in [5, 5.41) is 0.707. The van der Waals surface area contributed by atoms with Crippen molar-refractivity contribution in [3.05, 3.63) is 50.9 Å². The van der Waals surface area contributed by atoms with Gasteiger partial charge in [0.25, 0.3) is 11.5 Å². The van der Waals surface area contributed by atoms with Gasteiger partial charge in [0.2, 0.25) is 0 Å². The number of thiophene rings is 1. The lowest BCUT2D eigenvalue weighted by Crippen LogP contribution is -2.39. The molecule has 5 rings (SSSR count). The Morgan fingerprint density at radius 2 is 1.97 bits per heavy atom. The number of methoxy groups -OCH3 is 2. The van der Waals surface area contributed by atoms with Crippen LogP contribution in [-0.2, 0) is 24.2 Å². The molecule has 0 aliphatic carbocycles. The van der Waals surface area contributed by atoms with Crippen molar-refractivity contribution < 1.29 is 19.0 Å². The molecule has 2 aliphatic rings. The molecule has 0 radical (unpaired) electrons. The van der Waals surface area contributed by atoms with Gasteiger partial charge in [0.05, 0.1) is 51.3 Å². The molecule has 4 heterocycles. The summed E-state index contributed by atoms with van der Waals surface area (Å²) in [6.45, 7) is 5.65. The number of carbonyl (C=O) groups excluding carboxylic acids is 1. The van der Waals surface area contributed by atoms with Gasteiger partial charge in [0.1, 0.15) is 16.3 Å². The number of rotatable bonds is 6. The lowest BCUT2D eigenvalue weighted by molar-refractivity contribution is 0.0362. The summed E-state index contributed by atoms with van der Waals surface area (Å²) in [6, 6.07) is 5.20. The van der Waals surface area contributed by atoms with Gasteiger partial charge in [-0.05, 0) is 24.1 Å². The highest BCUT2D eigenvalue weighted by Gasteiger charge is 2.28. The van der Waals surface area contributed by atoms with E-state index in [9.17, 15) is 9.59 Å². The second-order valence-corrected chi connectivity index (χ2v) is 9.51. The van der Waals surface area contributed by atoms with E-state index in [2.05, 4.69) is 9.88 Å². The molecular weight excluding hydrogens is 456 g/mol. The van der Waals surface area contributed by atoms with Gasteiger partial charge in [-0.25, -0.2) is 4.98 Å². The van der Waals surface area contributed by atoms with Crippen molar-refractivity contribution in [2.45, 2.75) is 19.5 Å². The van der Waals surface area contributed by atoms with Crippen LogP contribution in [0.5, 0.6) is 11.5 Å². The number of carbonyl (C=O) groups is 1. The van der Waals surface area contributed by atoms with Gasteiger partial charge >= 0.3 is 0 Å². The summed E-state index contributed by atoms with van der Waals surface area (Å²) in [7, 11) is 3.12. The summed E-state index contributed by atoms with van der Waals surface area (Å²) in [6.07, 6.45) is 2.28. The van der Waals surface area contributed by atoms with Crippen LogP contribution >= 0.6 is 11.3 Å². The normalized spacial score (nSPS) is 16.5. The van der Waals surface area contributed by atoms with Gasteiger partial charge < -0.3 is 19.1 Å². The van der Waals surface area contributed by atoms with Crippen LogP contribution < -0.4 is 15.0 Å². The number of hydrogen-bond donors (Lipinski definition) is 0. The zero-order valence-electron chi connectivity index (χ0n) is 19.4. The third-order valence-electron chi connectivity index (χ3n) is 6.51. The number of ether oxygens (including phenoxy) is 3. The SMILES string of the molecule is COc1ccc(C(=O)N2CCc3c(sc4ncn(CCN5CCOCC5)c(=O)c34)C2)c(OC)c1. The lowest BCUT2D eigenvalue weighted by Gasteiger charge is -2.27. The van der Waals surface area contributed by atoms with E-state index in [1.807, 2.05) is 0 Å². The molecule has 0 atom stereocenters. The second-order valence-electron chi connectivity index (χ2n) is 8.42. The predicted octanol–water partition coefficient (Wildman–Crippen LogP) is 2.01. The molecule has 1 aromatic carbocycles. The summed E-state index contributed by atoms with van der Waals surface area (Å²) in [4.78, 5) is 37.0. The van der Waals surface area contributed by atoms with Crippen molar-refractivity contribution in [3.63, 3.8) is 0 Å². The Hall–Kier alpha value is -2.95. The van der Waals surface area contributed by atoms with E-state index in [0.717, 1.165) is 48.1 Å². The maximum absolute atomic E-state index is 13.3. The number of hydrogen-bond acceptors (Lipinski definition) is 8. The molecule has 3 aromatic rings. The Labute approximate surface area is 201 Å². The Morgan fingerprint density at radius 1 is 1.15 bits per heavy atom. The number of nitrogens with zero attached hydrogens (tertiary/aromatic N) is 4. The van der Waals surface area contributed by atoms with E-state index in [0.29, 0.717) is 48.5 Å². The van der Waals surface area contributed by atoms with Crippen LogP contribution in [0.25, 0.3) is 10.2 Å².